The Balaban J connectivity index is 2.11. The molecule has 1 atom stereocenters. The molecule has 0 aromatic heterocycles. The average molecular weight is 246 g/mol. The van der Waals surface area contributed by atoms with Crippen LogP contribution in [0, 0.1) is 0 Å². The van der Waals surface area contributed by atoms with E-state index in [1.165, 1.54) is 16.7 Å². The van der Waals surface area contributed by atoms with E-state index in [9.17, 15) is 0 Å². The van der Waals surface area contributed by atoms with Crippen molar-refractivity contribution in [1.82, 2.24) is 4.90 Å². The zero-order valence-corrected chi connectivity index (χ0v) is 12.2. The average Bonchev–Trinajstić information content (AvgIpc) is 2.68. The number of nitrogens with two attached hydrogens (primary N) is 1. The summed E-state index contributed by atoms with van der Waals surface area (Å²) in [4.78, 5) is 2.46. The van der Waals surface area contributed by atoms with Crippen LogP contribution < -0.4 is 5.73 Å². The van der Waals surface area contributed by atoms with Crippen LogP contribution >= 0.6 is 0 Å². The van der Waals surface area contributed by atoms with E-state index in [4.69, 9.17) is 5.73 Å². The fourth-order valence-electron chi connectivity index (χ4n) is 2.52. The standard InChI is InChI=1S/C16H26N2/c1-5-15(17)11-18-9-12-6-7-14(16(2,3)4)8-13(12)10-18/h6-8,15H,5,9-11,17H2,1-4H3. The number of hydrogen-bond donors (Lipinski definition) is 1. The molecule has 1 aromatic carbocycles. The number of nitrogens with zero attached hydrogens (tertiary/aromatic N) is 1. The molecule has 2 heteroatoms. The lowest BCUT2D eigenvalue weighted by molar-refractivity contribution is 0.262. The molecule has 1 aliphatic rings. The maximum absolute atomic E-state index is 6.05. The Morgan fingerprint density at radius 2 is 1.89 bits per heavy atom. The summed E-state index contributed by atoms with van der Waals surface area (Å²) in [6.07, 6.45) is 1.06. The van der Waals surface area contributed by atoms with Gasteiger partial charge in [0.2, 0.25) is 0 Å². The van der Waals surface area contributed by atoms with Crippen molar-refractivity contribution < 1.29 is 0 Å². The SMILES string of the molecule is CCC(N)CN1Cc2ccc(C(C)(C)C)cc2C1. The van der Waals surface area contributed by atoms with Crippen LogP contribution in [0.25, 0.3) is 0 Å². The summed E-state index contributed by atoms with van der Waals surface area (Å²) in [6, 6.07) is 7.27. The van der Waals surface area contributed by atoms with Crippen LogP contribution in [0.5, 0.6) is 0 Å². The van der Waals surface area contributed by atoms with Crippen LogP contribution in [0.15, 0.2) is 18.2 Å². The molecule has 0 saturated heterocycles. The first-order valence-corrected chi connectivity index (χ1v) is 7.00. The summed E-state index contributed by atoms with van der Waals surface area (Å²) < 4.78 is 0. The number of hydrogen-bond acceptors (Lipinski definition) is 2. The van der Waals surface area contributed by atoms with Gasteiger partial charge in [0.15, 0.2) is 0 Å². The van der Waals surface area contributed by atoms with Crippen molar-refractivity contribution in [1.29, 1.82) is 0 Å². The van der Waals surface area contributed by atoms with Crippen LogP contribution in [-0.4, -0.2) is 17.5 Å². The van der Waals surface area contributed by atoms with Crippen LogP contribution in [-0.2, 0) is 18.5 Å². The van der Waals surface area contributed by atoms with Gasteiger partial charge in [0.05, 0.1) is 0 Å². The van der Waals surface area contributed by atoms with E-state index in [2.05, 4.69) is 50.8 Å². The van der Waals surface area contributed by atoms with Crippen molar-refractivity contribution in [3.8, 4) is 0 Å². The van der Waals surface area contributed by atoms with Gasteiger partial charge in [-0.25, -0.2) is 0 Å². The quantitative estimate of drug-likeness (QED) is 0.888. The minimum atomic E-state index is 0.238. The maximum Gasteiger partial charge on any atom is 0.0241 e. The fourth-order valence-corrected chi connectivity index (χ4v) is 2.52. The highest BCUT2D eigenvalue weighted by Gasteiger charge is 2.22. The second-order valence-electron chi connectivity index (χ2n) is 6.57. The maximum atomic E-state index is 6.05. The van der Waals surface area contributed by atoms with Crippen molar-refractivity contribution in [2.75, 3.05) is 6.54 Å². The first-order chi connectivity index (χ1) is 8.40. The Bertz CT molecular complexity index is 418. The van der Waals surface area contributed by atoms with Crippen LogP contribution in [0.4, 0.5) is 0 Å². The summed E-state index contributed by atoms with van der Waals surface area (Å²) in [5.41, 5.74) is 10.7. The smallest absolute Gasteiger partial charge is 0.0241 e. The number of fused-ring (bicyclic) bond motifs is 1. The predicted molar refractivity (Wildman–Crippen MR) is 77.5 cm³/mol. The topological polar surface area (TPSA) is 29.3 Å². The first-order valence-electron chi connectivity index (χ1n) is 7.00. The van der Waals surface area contributed by atoms with Crippen molar-refractivity contribution in [2.45, 2.75) is 58.7 Å². The third kappa shape index (κ3) is 2.93. The molecular formula is C16H26N2. The molecule has 100 valence electrons. The van der Waals surface area contributed by atoms with Gasteiger partial charge in [0.25, 0.3) is 0 Å². The summed E-state index contributed by atoms with van der Waals surface area (Å²) >= 11 is 0. The summed E-state index contributed by atoms with van der Waals surface area (Å²) in [7, 11) is 0. The van der Waals surface area contributed by atoms with Gasteiger partial charge in [-0.1, -0.05) is 45.9 Å². The van der Waals surface area contributed by atoms with Crippen LogP contribution in [0.1, 0.15) is 50.8 Å². The van der Waals surface area contributed by atoms with Crippen molar-refractivity contribution in [3.63, 3.8) is 0 Å². The molecule has 2 N–H and O–H groups in total. The molecule has 2 rings (SSSR count). The minimum Gasteiger partial charge on any atom is -0.327 e. The van der Waals surface area contributed by atoms with E-state index in [1.54, 1.807) is 0 Å². The monoisotopic (exact) mass is 246 g/mol. The number of benzene rings is 1. The normalized spacial score (nSPS) is 17.8. The van der Waals surface area contributed by atoms with E-state index < -0.39 is 0 Å². The van der Waals surface area contributed by atoms with Gasteiger partial charge in [-0.3, -0.25) is 4.90 Å². The third-order valence-corrected chi connectivity index (χ3v) is 3.88. The summed E-state index contributed by atoms with van der Waals surface area (Å²) in [5, 5.41) is 0. The van der Waals surface area contributed by atoms with E-state index in [-0.39, 0.29) is 5.41 Å². The first kappa shape index (κ1) is 13.6. The van der Waals surface area contributed by atoms with Gasteiger partial charge in [-0.2, -0.15) is 0 Å². The Labute approximate surface area is 111 Å². The predicted octanol–water partition coefficient (Wildman–Crippen LogP) is 3.04. The van der Waals surface area contributed by atoms with Crippen molar-refractivity contribution in [3.05, 3.63) is 34.9 Å². The van der Waals surface area contributed by atoms with E-state index in [0.717, 1.165) is 26.1 Å². The highest BCUT2D eigenvalue weighted by atomic mass is 15.1. The molecule has 1 aromatic rings. The lowest BCUT2D eigenvalue weighted by atomic mass is 9.85. The lowest BCUT2D eigenvalue weighted by Gasteiger charge is -2.20. The molecule has 0 radical (unpaired) electrons. The third-order valence-electron chi connectivity index (χ3n) is 3.88. The molecule has 0 spiro atoms. The van der Waals surface area contributed by atoms with Crippen LogP contribution in [0.3, 0.4) is 0 Å². The largest absolute Gasteiger partial charge is 0.327 e. The van der Waals surface area contributed by atoms with E-state index in [1.807, 2.05) is 0 Å². The Morgan fingerprint density at radius 3 is 2.50 bits per heavy atom. The fraction of sp³-hybridized carbons (Fsp3) is 0.625. The Kier molecular flexibility index (Phi) is 3.79. The molecule has 1 heterocycles. The highest BCUT2D eigenvalue weighted by Crippen LogP contribution is 2.29. The minimum absolute atomic E-state index is 0.238. The molecule has 0 amide bonds. The molecule has 0 fully saturated rings. The highest BCUT2D eigenvalue weighted by molar-refractivity contribution is 5.37. The second-order valence-corrected chi connectivity index (χ2v) is 6.57. The van der Waals surface area contributed by atoms with Gasteiger partial charge in [-0.15, -0.1) is 0 Å². The summed E-state index contributed by atoms with van der Waals surface area (Å²) in [5.74, 6) is 0. The molecule has 2 nitrogen and oxygen atoms in total. The Hall–Kier alpha value is -0.860. The molecule has 1 unspecified atom stereocenters. The zero-order chi connectivity index (χ0) is 13.3. The van der Waals surface area contributed by atoms with E-state index in [0.29, 0.717) is 6.04 Å². The van der Waals surface area contributed by atoms with Gasteiger partial charge in [-0.05, 0) is 28.5 Å². The van der Waals surface area contributed by atoms with Gasteiger partial charge >= 0.3 is 0 Å². The van der Waals surface area contributed by atoms with Gasteiger partial charge in [0, 0.05) is 25.7 Å². The molecular weight excluding hydrogens is 220 g/mol. The molecule has 0 saturated carbocycles. The van der Waals surface area contributed by atoms with Gasteiger partial charge in [0.1, 0.15) is 0 Å². The summed E-state index contributed by atoms with van der Waals surface area (Å²) in [6.45, 7) is 12.1. The molecule has 18 heavy (non-hydrogen) atoms. The molecule has 0 aliphatic carbocycles. The number of rotatable bonds is 3. The van der Waals surface area contributed by atoms with Crippen molar-refractivity contribution >= 4 is 0 Å². The van der Waals surface area contributed by atoms with Crippen molar-refractivity contribution in [2.24, 2.45) is 5.73 Å². The molecule has 1 aliphatic heterocycles. The van der Waals surface area contributed by atoms with E-state index >= 15 is 0 Å². The second kappa shape index (κ2) is 5.02. The zero-order valence-electron chi connectivity index (χ0n) is 12.2. The lowest BCUT2D eigenvalue weighted by Crippen LogP contribution is -2.33. The van der Waals surface area contributed by atoms with Gasteiger partial charge < -0.3 is 5.73 Å². The molecule has 0 bridgehead atoms. The Morgan fingerprint density at radius 1 is 1.22 bits per heavy atom. The van der Waals surface area contributed by atoms with Crippen LogP contribution in [0.2, 0.25) is 0 Å².